The first-order valence-corrected chi connectivity index (χ1v) is 4.65. The molecule has 0 aromatic carbocycles. The molecule has 0 aliphatic heterocycles. The molecule has 0 aromatic rings. The number of hydrogen-bond donors (Lipinski definition) is 1. The average molecular weight is 154 g/mol. The van der Waals surface area contributed by atoms with Crippen LogP contribution in [0.15, 0.2) is 0 Å². The lowest BCUT2D eigenvalue weighted by Crippen LogP contribution is -2.39. The van der Waals surface area contributed by atoms with Crippen molar-refractivity contribution in [2.24, 2.45) is 16.7 Å². The van der Waals surface area contributed by atoms with Crippen molar-refractivity contribution in [3.05, 3.63) is 0 Å². The molecule has 0 spiro atoms. The molecular formula is C10H18O. The van der Waals surface area contributed by atoms with Gasteiger partial charge in [-0.3, -0.25) is 0 Å². The van der Waals surface area contributed by atoms with E-state index in [-0.39, 0.29) is 16.9 Å². The monoisotopic (exact) mass is 154 g/mol. The molecule has 3 atom stereocenters. The minimum Gasteiger partial charge on any atom is -0.392 e. The summed E-state index contributed by atoms with van der Waals surface area (Å²) in [5, 5.41) is 10.0. The van der Waals surface area contributed by atoms with Crippen LogP contribution in [0.5, 0.6) is 0 Å². The van der Waals surface area contributed by atoms with Crippen LogP contribution in [0.25, 0.3) is 0 Å². The Morgan fingerprint density at radius 3 is 2.18 bits per heavy atom. The van der Waals surface area contributed by atoms with Crippen molar-refractivity contribution in [1.82, 2.24) is 0 Å². The predicted octanol–water partition coefficient (Wildman–Crippen LogP) is 2.19. The Balaban J connectivity index is 2.34. The molecule has 1 nitrogen and oxygen atoms in total. The Morgan fingerprint density at radius 2 is 1.91 bits per heavy atom. The predicted molar refractivity (Wildman–Crippen MR) is 45.2 cm³/mol. The van der Waals surface area contributed by atoms with Crippen LogP contribution in [0.2, 0.25) is 0 Å². The van der Waals surface area contributed by atoms with Gasteiger partial charge in [0.2, 0.25) is 0 Å². The second-order valence-corrected chi connectivity index (χ2v) is 5.32. The van der Waals surface area contributed by atoms with Crippen molar-refractivity contribution < 1.29 is 5.11 Å². The molecule has 0 radical (unpaired) electrons. The van der Waals surface area contributed by atoms with Gasteiger partial charge in [-0.05, 0) is 36.0 Å². The summed E-state index contributed by atoms with van der Waals surface area (Å²) in [4.78, 5) is 0. The second-order valence-electron chi connectivity index (χ2n) is 5.32. The summed E-state index contributed by atoms with van der Waals surface area (Å²) in [7, 11) is 0. The maximum absolute atomic E-state index is 10.0. The highest BCUT2D eigenvalue weighted by Gasteiger charge is 2.58. The van der Waals surface area contributed by atoms with E-state index in [2.05, 4.69) is 20.8 Å². The molecule has 2 bridgehead atoms. The molecule has 11 heavy (non-hydrogen) atoms. The van der Waals surface area contributed by atoms with Crippen molar-refractivity contribution in [2.45, 2.75) is 46.1 Å². The largest absolute Gasteiger partial charge is 0.392 e. The molecule has 0 amide bonds. The molecule has 64 valence electrons. The zero-order valence-electron chi connectivity index (χ0n) is 7.72. The smallest absolute Gasteiger partial charge is 0.0647 e. The summed E-state index contributed by atoms with van der Waals surface area (Å²) >= 11 is 0. The summed E-state index contributed by atoms with van der Waals surface area (Å²) in [5.74, 6) is 0.780. The molecular weight excluding hydrogens is 136 g/mol. The molecule has 2 saturated carbocycles. The van der Waals surface area contributed by atoms with Gasteiger partial charge < -0.3 is 5.11 Å². The van der Waals surface area contributed by atoms with Crippen molar-refractivity contribution in [2.75, 3.05) is 0 Å². The summed E-state index contributed by atoms with van der Waals surface area (Å²) in [6.45, 7) is 6.67. The number of hydrogen-bond acceptors (Lipinski definition) is 1. The van der Waals surface area contributed by atoms with Crippen LogP contribution in [-0.4, -0.2) is 11.2 Å². The third-order valence-corrected chi connectivity index (χ3v) is 4.19. The molecule has 2 aliphatic rings. The molecule has 1 unspecified atom stereocenters. The van der Waals surface area contributed by atoms with Crippen LogP contribution < -0.4 is 0 Å². The fourth-order valence-electron chi connectivity index (χ4n) is 3.28. The van der Waals surface area contributed by atoms with Crippen LogP contribution in [0.3, 0.4) is 0 Å². The van der Waals surface area contributed by atoms with Crippen molar-refractivity contribution in [3.8, 4) is 0 Å². The Morgan fingerprint density at radius 1 is 1.27 bits per heavy atom. The Hall–Kier alpha value is -0.0400. The van der Waals surface area contributed by atoms with Gasteiger partial charge in [-0.15, -0.1) is 0 Å². The fraction of sp³-hybridized carbons (Fsp3) is 1.00. The lowest BCUT2D eigenvalue weighted by molar-refractivity contribution is -0.0340. The highest BCUT2D eigenvalue weighted by atomic mass is 16.3. The van der Waals surface area contributed by atoms with Gasteiger partial charge in [0.05, 0.1) is 6.10 Å². The van der Waals surface area contributed by atoms with E-state index in [1.165, 1.54) is 19.3 Å². The standard InChI is InChI=1S/C10H18O/c1-9(2)7-4-5-10(3,6-7)8(9)11/h7-8,11H,4-6H2,1-3H3/t7?,8-,10+/m1/s1. The molecule has 2 rings (SSSR count). The van der Waals surface area contributed by atoms with Gasteiger partial charge in [0.25, 0.3) is 0 Å². The first-order chi connectivity index (χ1) is 4.97. The van der Waals surface area contributed by atoms with E-state index < -0.39 is 0 Å². The van der Waals surface area contributed by atoms with E-state index in [1.807, 2.05) is 0 Å². The maximum atomic E-state index is 10.0. The number of aliphatic hydroxyl groups excluding tert-OH is 1. The van der Waals surface area contributed by atoms with E-state index in [0.29, 0.717) is 0 Å². The first kappa shape index (κ1) is 7.60. The van der Waals surface area contributed by atoms with E-state index in [9.17, 15) is 5.11 Å². The Bertz CT molecular complexity index is 181. The van der Waals surface area contributed by atoms with Gasteiger partial charge >= 0.3 is 0 Å². The summed E-state index contributed by atoms with van der Waals surface area (Å²) in [5.41, 5.74) is 0.446. The third-order valence-electron chi connectivity index (χ3n) is 4.19. The van der Waals surface area contributed by atoms with E-state index in [1.54, 1.807) is 0 Å². The highest BCUT2D eigenvalue weighted by molar-refractivity contribution is 5.08. The van der Waals surface area contributed by atoms with Crippen LogP contribution in [0.1, 0.15) is 40.0 Å². The first-order valence-electron chi connectivity index (χ1n) is 4.65. The Labute approximate surface area is 68.8 Å². The molecule has 1 heteroatoms. The topological polar surface area (TPSA) is 20.2 Å². The minimum absolute atomic E-state index is 0.0613. The van der Waals surface area contributed by atoms with E-state index >= 15 is 0 Å². The van der Waals surface area contributed by atoms with Gasteiger partial charge in [-0.2, -0.15) is 0 Å². The molecule has 0 saturated heterocycles. The minimum atomic E-state index is -0.0613. The SMILES string of the molecule is CC1(C)C2CC[C@@](C)(C2)[C@@H]1O. The van der Waals surface area contributed by atoms with Gasteiger partial charge in [0, 0.05) is 0 Å². The van der Waals surface area contributed by atoms with Crippen LogP contribution in [0.4, 0.5) is 0 Å². The number of aliphatic hydroxyl groups is 1. The zero-order chi connectivity index (χ0) is 8.28. The summed E-state index contributed by atoms with van der Waals surface area (Å²) in [6.07, 6.45) is 3.76. The third kappa shape index (κ3) is 0.752. The van der Waals surface area contributed by atoms with Crippen molar-refractivity contribution in [3.63, 3.8) is 0 Å². The molecule has 2 aliphatic carbocycles. The number of rotatable bonds is 0. The lowest BCUT2D eigenvalue weighted by Gasteiger charge is -2.38. The van der Waals surface area contributed by atoms with Gasteiger partial charge in [0.15, 0.2) is 0 Å². The lowest BCUT2D eigenvalue weighted by atomic mass is 9.70. The summed E-state index contributed by atoms with van der Waals surface area (Å²) < 4.78 is 0. The van der Waals surface area contributed by atoms with E-state index in [0.717, 1.165) is 5.92 Å². The normalized spacial score (nSPS) is 53.5. The van der Waals surface area contributed by atoms with Gasteiger partial charge in [-0.25, -0.2) is 0 Å². The zero-order valence-corrected chi connectivity index (χ0v) is 7.72. The van der Waals surface area contributed by atoms with Gasteiger partial charge in [-0.1, -0.05) is 20.8 Å². The van der Waals surface area contributed by atoms with E-state index in [4.69, 9.17) is 0 Å². The average Bonchev–Trinajstić information content (AvgIpc) is 2.36. The van der Waals surface area contributed by atoms with Crippen molar-refractivity contribution in [1.29, 1.82) is 0 Å². The molecule has 2 fully saturated rings. The van der Waals surface area contributed by atoms with Crippen LogP contribution in [0, 0.1) is 16.7 Å². The van der Waals surface area contributed by atoms with Crippen molar-refractivity contribution >= 4 is 0 Å². The highest BCUT2D eigenvalue weighted by Crippen LogP contribution is 2.62. The van der Waals surface area contributed by atoms with Gasteiger partial charge in [0.1, 0.15) is 0 Å². The summed E-state index contributed by atoms with van der Waals surface area (Å²) in [6, 6.07) is 0. The molecule has 0 heterocycles. The molecule has 0 aromatic heterocycles. The second kappa shape index (κ2) is 1.82. The molecule has 1 N–H and O–H groups in total. The fourth-order valence-corrected chi connectivity index (χ4v) is 3.28. The quantitative estimate of drug-likeness (QED) is 0.567. The Kier molecular flexibility index (Phi) is 1.26. The van der Waals surface area contributed by atoms with Crippen LogP contribution in [-0.2, 0) is 0 Å². The van der Waals surface area contributed by atoms with Crippen LogP contribution >= 0.6 is 0 Å². The number of fused-ring (bicyclic) bond motifs is 2. The maximum Gasteiger partial charge on any atom is 0.0647 e.